The van der Waals surface area contributed by atoms with E-state index in [4.69, 9.17) is 5.73 Å². The Morgan fingerprint density at radius 3 is 2.45 bits per heavy atom. The van der Waals surface area contributed by atoms with Gasteiger partial charge in [-0.25, -0.2) is 4.39 Å². The first-order valence-corrected chi connectivity index (χ1v) is 9.77. The van der Waals surface area contributed by atoms with Gasteiger partial charge in [0.25, 0.3) is 0 Å². The molecule has 2 atom stereocenters. The molecule has 1 heterocycles. The van der Waals surface area contributed by atoms with Crippen molar-refractivity contribution >= 4 is 28.6 Å². The van der Waals surface area contributed by atoms with Crippen LogP contribution in [0.25, 0.3) is 10.9 Å². The van der Waals surface area contributed by atoms with Gasteiger partial charge in [0.15, 0.2) is 0 Å². The van der Waals surface area contributed by atoms with Gasteiger partial charge in [-0.15, -0.1) is 0 Å². The largest absolute Gasteiger partial charge is 0.368 e. The number of amides is 3. The Morgan fingerprint density at radius 2 is 1.74 bits per heavy atom. The topological polar surface area (TPSA) is 114 Å². The van der Waals surface area contributed by atoms with E-state index in [9.17, 15) is 18.8 Å². The van der Waals surface area contributed by atoms with Crippen LogP contribution in [0.15, 0.2) is 60.7 Å². The molecule has 0 spiro atoms. The number of fused-ring (bicyclic) bond motifs is 1. The van der Waals surface area contributed by atoms with E-state index in [1.807, 2.05) is 30.3 Å². The van der Waals surface area contributed by atoms with Crippen LogP contribution in [0.3, 0.4) is 0 Å². The number of halogens is 1. The molecule has 0 unspecified atom stereocenters. The number of benzene rings is 2. The van der Waals surface area contributed by atoms with Gasteiger partial charge in [-0.2, -0.15) is 0 Å². The number of para-hydroxylation sites is 1. The summed E-state index contributed by atoms with van der Waals surface area (Å²) < 4.78 is 13.5. The van der Waals surface area contributed by atoms with Crippen LogP contribution in [-0.2, 0) is 27.2 Å². The summed E-state index contributed by atoms with van der Waals surface area (Å²) in [6.07, 6.45) is 0.154. The molecular formula is C23H23FN4O3. The highest BCUT2D eigenvalue weighted by Crippen LogP contribution is 2.13. The summed E-state index contributed by atoms with van der Waals surface area (Å²) in [5.74, 6) is -2.19. The average Bonchev–Trinajstić information content (AvgIpc) is 2.72. The second-order valence-electron chi connectivity index (χ2n) is 7.25. The van der Waals surface area contributed by atoms with Crippen molar-refractivity contribution in [2.45, 2.75) is 31.8 Å². The normalized spacial score (nSPS) is 12.7. The highest BCUT2D eigenvalue weighted by Gasteiger charge is 2.26. The van der Waals surface area contributed by atoms with Crippen LogP contribution in [0.5, 0.6) is 0 Å². The summed E-state index contributed by atoms with van der Waals surface area (Å²) >= 11 is 0. The molecule has 3 aromatic rings. The van der Waals surface area contributed by atoms with Crippen molar-refractivity contribution in [3.63, 3.8) is 0 Å². The molecule has 31 heavy (non-hydrogen) atoms. The summed E-state index contributed by atoms with van der Waals surface area (Å²) in [7, 11) is 0. The van der Waals surface area contributed by atoms with Crippen LogP contribution >= 0.6 is 0 Å². The maximum atomic E-state index is 13.5. The Balaban J connectivity index is 1.75. The molecule has 3 rings (SSSR count). The highest BCUT2D eigenvalue weighted by molar-refractivity contribution is 5.91. The Hall–Kier alpha value is -3.81. The number of aromatic nitrogens is 1. The number of nitrogens with zero attached hydrogens (tertiary/aromatic N) is 1. The average molecular weight is 422 g/mol. The molecule has 3 amide bonds. The first kappa shape index (κ1) is 21.9. The maximum absolute atomic E-state index is 13.5. The van der Waals surface area contributed by atoms with Crippen LogP contribution in [0.4, 0.5) is 4.39 Å². The summed E-state index contributed by atoms with van der Waals surface area (Å²) in [5, 5.41) is 6.08. The van der Waals surface area contributed by atoms with Gasteiger partial charge in [0.2, 0.25) is 17.7 Å². The highest BCUT2D eigenvalue weighted by atomic mass is 19.1. The number of hydrogen-bond acceptors (Lipinski definition) is 4. The van der Waals surface area contributed by atoms with E-state index in [1.165, 1.54) is 25.1 Å². The van der Waals surface area contributed by atoms with Gasteiger partial charge >= 0.3 is 0 Å². The number of nitrogens with one attached hydrogen (secondary N) is 2. The lowest BCUT2D eigenvalue weighted by molar-refractivity contribution is -0.130. The third kappa shape index (κ3) is 6.08. The van der Waals surface area contributed by atoms with Crippen LogP contribution in [0.2, 0.25) is 0 Å². The first-order chi connectivity index (χ1) is 14.8. The minimum Gasteiger partial charge on any atom is -0.368 e. The Kier molecular flexibility index (Phi) is 6.92. The molecular weight excluding hydrogens is 399 g/mol. The lowest BCUT2D eigenvalue weighted by Crippen LogP contribution is -2.54. The van der Waals surface area contributed by atoms with Crippen LogP contribution in [-0.4, -0.2) is 34.8 Å². The summed E-state index contributed by atoms with van der Waals surface area (Å²) in [6.45, 7) is 1.27. The molecule has 160 valence electrons. The van der Waals surface area contributed by atoms with Gasteiger partial charge in [-0.05, 0) is 29.8 Å². The monoisotopic (exact) mass is 422 g/mol. The fourth-order valence-corrected chi connectivity index (χ4v) is 3.28. The maximum Gasteiger partial charge on any atom is 0.243 e. The second kappa shape index (κ2) is 9.80. The number of primary amides is 1. The number of rotatable bonds is 8. The van der Waals surface area contributed by atoms with Crippen molar-refractivity contribution in [1.29, 1.82) is 0 Å². The number of carbonyl (C=O) groups excluding carboxylic acids is 3. The zero-order valence-electron chi connectivity index (χ0n) is 17.0. The van der Waals surface area contributed by atoms with Crippen molar-refractivity contribution in [2.24, 2.45) is 5.73 Å². The van der Waals surface area contributed by atoms with Crippen LogP contribution in [0, 0.1) is 5.82 Å². The Morgan fingerprint density at radius 1 is 0.968 bits per heavy atom. The summed E-state index contributed by atoms with van der Waals surface area (Å²) in [5.41, 5.74) is 7.38. The van der Waals surface area contributed by atoms with Gasteiger partial charge < -0.3 is 16.4 Å². The van der Waals surface area contributed by atoms with E-state index in [0.29, 0.717) is 11.3 Å². The molecule has 1 aromatic heterocycles. The van der Waals surface area contributed by atoms with E-state index >= 15 is 0 Å². The van der Waals surface area contributed by atoms with Gasteiger partial charge in [-0.1, -0.05) is 36.4 Å². The minimum absolute atomic E-state index is 0.0584. The van der Waals surface area contributed by atoms with E-state index in [2.05, 4.69) is 15.6 Å². The molecule has 0 fully saturated rings. The fraction of sp³-hybridized carbons (Fsp3) is 0.217. The molecule has 8 heteroatoms. The number of pyridine rings is 1. The van der Waals surface area contributed by atoms with E-state index < -0.39 is 35.6 Å². The van der Waals surface area contributed by atoms with Gasteiger partial charge in [-0.3, -0.25) is 19.4 Å². The van der Waals surface area contributed by atoms with Crippen LogP contribution in [0.1, 0.15) is 18.2 Å². The quantitative estimate of drug-likeness (QED) is 0.512. The molecule has 0 aliphatic rings. The fourth-order valence-electron chi connectivity index (χ4n) is 3.28. The molecule has 0 saturated heterocycles. The van der Waals surface area contributed by atoms with Gasteiger partial charge in [0.1, 0.15) is 17.9 Å². The summed E-state index contributed by atoms with van der Waals surface area (Å²) in [4.78, 5) is 40.9. The number of hydrogen-bond donors (Lipinski definition) is 3. The third-order valence-electron chi connectivity index (χ3n) is 4.75. The predicted octanol–water partition coefficient (Wildman–Crippen LogP) is 1.63. The molecule has 2 aromatic carbocycles. The molecule has 4 N–H and O–H groups in total. The predicted molar refractivity (Wildman–Crippen MR) is 114 cm³/mol. The lowest BCUT2D eigenvalue weighted by Gasteiger charge is -2.21. The van der Waals surface area contributed by atoms with E-state index in [1.54, 1.807) is 12.1 Å². The molecule has 0 radical (unpaired) electrons. The molecule has 0 aliphatic heterocycles. The van der Waals surface area contributed by atoms with Crippen molar-refractivity contribution < 1.29 is 18.8 Å². The molecule has 7 nitrogen and oxygen atoms in total. The molecule has 0 saturated carbocycles. The van der Waals surface area contributed by atoms with Crippen molar-refractivity contribution in [3.8, 4) is 0 Å². The van der Waals surface area contributed by atoms with Gasteiger partial charge in [0, 0.05) is 30.8 Å². The van der Waals surface area contributed by atoms with Crippen molar-refractivity contribution in [3.05, 3.63) is 77.7 Å². The molecule has 0 bridgehead atoms. The number of nitrogens with two attached hydrogens (primary N) is 1. The van der Waals surface area contributed by atoms with Crippen molar-refractivity contribution in [2.75, 3.05) is 0 Å². The summed E-state index contributed by atoms with van der Waals surface area (Å²) in [6, 6.07) is 14.9. The third-order valence-corrected chi connectivity index (χ3v) is 4.75. The Bertz CT molecular complexity index is 1120. The minimum atomic E-state index is -1.02. The van der Waals surface area contributed by atoms with E-state index in [0.717, 1.165) is 10.9 Å². The van der Waals surface area contributed by atoms with Crippen LogP contribution < -0.4 is 16.4 Å². The van der Waals surface area contributed by atoms with Gasteiger partial charge in [0.05, 0.1) is 5.52 Å². The lowest BCUT2D eigenvalue weighted by atomic mass is 10.0. The standard InChI is InChI=1S/C23H23FN4O3/c1-14(29)26-21(12-15-5-4-7-17(24)11-15)23(31)28-20(22(25)30)13-18-10-9-16-6-2-3-8-19(16)27-18/h2-11,20-21H,12-13H2,1H3,(H2,25,30)(H,26,29)(H,28,31)/t20-,21+/m1/s1. The number of carbonyl (C=O) groups is 3. The zero-order chi connectivity index (χ0) is 22.4. The van der Waals surface area contributed by atoms with Crippen molar-refractivity contribution in [1.82, 2.24) is 15.6 Å². The SMILES string of the molecule is CC(=O)N[C@@H](Cc1cccc(F)c1)C(=O)N[C@H](Cc1ccc2ccccc2n1)C(N)=O. The Labute approximate surface area is 178 Å². The molecule has 0 aliphatic carbocycles. The first-order valence-electron chi connectivity index (χ1n) is 9.77. The second-order valence-corrected chi connectivity index (χ2v) is 7.25. The van der Waals surface area contributed by atoms with E-state index in [-0.39, 0.29) is 12.8 Å². The smallest absolute Gasteiger partial charge is 0.243 e. The zero-order valence-corrected chi connectivity index (χ0v) is 17.0.